The predicted molar refractivity (Wildman–Crippen MR) is 136 cm³/mol. The predicted octanol–water partition coefficient (Wildman–Crippen LogP) is 3.07. The first-order valence-electron chi connectivity index (χ1n) is 11.7. The number of rotatable bonds is 9. The first-order valence-corrected chi connectivity index (χ1v) is 11.7. The van der Waals surface area contributed by atoms with Gasteiger partial charge in [0.2, 0.25) is 11.8 Å². The SMILES string of the molecule is CC(C)(C)OC(=O)NCC(=O)Nc1cccc(NC(=O)CCCN2C(=O)c3ccc([N+](=O)[O-])cc3C2=O)c1. The number of imide groups is 1. The monoisotopic (exact) mass is 525 g/mol. The maximum atomic E-state index is 12.5. The van der Waals surface area contributed by atoms with Crippen LogP contribution in [0.3, 0.4) is 0 Å². The standard InChI is InChI=1S/C25H27N5O8/c1-25(2,3)38-24(35)26-14-21(32)28-16-7-4-6-15(12-16)27-20(31)8-5-11-29-22(33)18-10-9-17(30(36)37)13-19(18)23(29)34/h4,6-7,9-10,12-13H,5,8,11,14H2,1-3H3,(H,26,35)(H,27,31)(H,28,32). The Morgan fingerprint density at radius 2 is 1.58 bits per heavy atom. The van der Waals surface area contributed by atoms with E-state index in [1.807, 2.05) is 0 Å². The number of hydrogen-bond donors (Lipinski definition) is 3. The normalized spacial score (nSPS) is 12.6. The Morgan fingerprint density at radius 1 is 0.947 bits per heavy atom. The van der Waals surface area contributed by atoms with Crippen molar-refractivity contribution in [2.75, 3.05) is 23.7 Å². The molecule has 1 aliphatic rings. The van der Waals surface area contributed by atoms with E-state index >= 15 is 0 Å². The van der Waals surface area contributed by atoms with Gasteiger partial charge in [-0.2, -0.15) is 0 Å². The maximum absolute atomic E-state index is 12.5. The van der Waals surface area contributed by atoms with Gasteiger partial charge in [-0.1, -0.05) is 6.07 Å². The summed E-state index contributed by atoms with van der Waals surface area (Å²) in [6.07, 6.45) is -0.563. The van der Waals surface area contributed by atoms with Crippen molar-refractivity contribution in [1.29, 1.82) is 0 Å². The lowest BCUT2D eigenvalue weighted by Crippen LogP contribution is -2.37. The van der Waals surface area contributed by atoms with Crippen LogP contribution in [0.15, 0.2) is 42.5 Å². The van der Waals surface area contributed by atoms with Crippen molar-refractivity contribution < 1.29 is 33.6 Å². The van der Waals surface area contributed by atoms with Crippen molar-refractivity contribution in [3.05, 3.63) is 63.7 Å². The number of anilines is 2. The Kier molecular flexibility index (Phi) is 8.40. The smallest absolute Gasteiger partial charge is 0.408 e. The molecule has 200 valence electrons. The number of nitrogens with zero attached hydrogens (tertiary/aromatic N) is 2. The summed E-state index contributed by atoms with van der Waals surface area (Å²) in [4.78, 5) is 72.5. The van der Waals surface area contributed by atoms with Gasteiger partial charge in [-0.15, -0.1) is 0 Å². The highest BCUT2D eigenvalue weighted by Crippen LogP contribution is 2.27. The summed E-state index contributed by atoms with van der Waals surface area (Å²) in [5.41, 5.74) is -0.136. The molecule has 1 aliphatic heterocycles. The van der Waals surface area contributed by atoms with Gasteiger partial charge < -0.3 is 20.7 Å². The molecule has 0 saturated heterocycles. The molecule has 2 aromatic rings. The van der Waals surface area contributed by atoms with Gasteiger partial charge >= 0.3 is 6.09 Å². The van der Waals surface area contributed by atoms with Crippen molar-refractivity contribution in [3.8, 4) is 0 Å². The van der Waals surface area contributed by atoms with E-state index in [-0.39, 0.29) is 48.7 Å². The molecule has 38 heavy (non-hydrogen) atoms. The zero-order valence-corrected chi connectivity index (χ0v) is 21.0. The first-order chi connectivity index (χ1) is 17.8. The summed E-state index contributed by atoms with van der Waals surface area (Å²) in [6, 6.07) is 9.85. The molecule has 0 spiro atoms. The second-order valence-electron chi connectivity index (χ2n) is 9.39. The van der Waals surface area contributed by atoms with E-state index in [0.29, 0.717) is 11.4 Å². The lowest BCUT2D eigenvalue weighted by atomic mass is 10.1. The van der Waals surface area contributed by atoms with Crippen molar-refractivity contribution in [3.63, 3.8) is 0 Å². The van der Waals surface area contributed by atoms with E-state index in [0.717, 1.165) is 17.0 Å². The molecule has 0 atom stereocenters. The Morgan fingerprint density at radius 3 is 2.21 bits per heavy atom. The van der Waals surface area contributed by atoms with Gasteiger partial charge in [0.25, 0.3) is 17.5 Å². The van der Waals surface area contributed by atoms with Gasteiger partial charge in [0.15, 0.2) is 0 Å². The summed E-state index contributed by atoms with van der Waals surface area (Å²) in [5, 5.41) is 18.6. The lowest BCUT2D eigenvalue weighted by Gasteiger charge is -2.19. The third kappa shape index (κ3) is 7.35. The molecule has 1 heterocycles. The Labute approximate surface area is 217 Å². The van der Waals surface area contributed by atoms with Crippen LogP contribution in [-0.2, 0) is 14.3 Å². The van der Waals surface area contributed by atoms with E-state index in [1.165, 1.54) is 12.1 Å². The van der Waals surface area contributed by atoms with E-state index in [2.05, 4.69) is 16.0 Å². The maximum Gasteiger partial charge on any atom is 0.408 e. The van der Waals surface area contributed by atoms with Crippen LogP contribution in [-0.4, -0.2) is 58.2 Å². The van der Waals surface area contributed by atoms with Gasteiger partial charge in [-0.25, -0.2) is 4.79 Å². The molecule has 0 aromatic heterocycles. The van der Waals surface area contributed by atoms with Gasteiger partial charge in [-0.3, -0.25) is 34.2 Å². The van der Waals surface area contributed by atoms with Crippen LogP contribution in [0.1, 0.15) is 54.3 Å². The summed E-state index contributed by atoms with van der Waals surface area (Å²) >= 11 is 0. The van der Waals surface area contributed by atoms with Crippen molar-refractivity contribution in [1.82, 2.24) is 10.2 Å². The zero-order valence-electron chi connectivity index (χ0n) is 21.0. The summed E-state index contributed by atoms with van der Waals surface area (Å²) in [6.45, 7) is 4.76. The number of ether oxygens (including phenoxy) is 1. The van der Waals surface area contributed by atoms with E-state index in [4.69, 9.17) is 4.74 Å². The van der Waals surface area contributed by atoms with Gasteiger partial charge in [0, 0.05) is 36.5 Å². The number of carbonyl (C=O) groups excluding carboxylic acids is 5. The fourth-order valence-electron chi connectivity index (χ4n) is 3.56. The van der Waals surface area contributed by atoms with E-state index in [9.17, 15) is 34.1 Å². The number of amides is 5. The number of nitro benzene ring substituents is 1. The number of benzene rings is 2. The van der Waals surface area contributed by atoms with Crippen LogP contribution in [0.2, 0.25) is 0 Å². The number of carbonyl (C=O) groups is 5. The minimum absolute atomic E-state index is 0.00997. The molecule has 0 saturated carbocycles. The molecule has 0 radical (unpaired) electrons. The fourth-order valence-corrected chi connectivity index (χ4v) is 3.56. The minimum atomic E-state index is -0.726. The first kappa shape index (κ1) is 27.8. The lowest BCUT2D eigenvalue weighted by molar-refractivity contribution is -0.384. The molecule has 0 unspecified atom stereocenters. The van der Waals surface area contributed by atoms with Crippen molar-refractivity contribution in [2.45, 2.75) is 39.2 Å². The van der Waals surface area contributed by atoms with Gasteiger partial charge in [-0.05, 0) is 51.5 Å². The molecule has 13 nitrogen and oxygen atoms in total. The largest absolute Gasteiger partial charge is 0.444 e. The number of nitrogens with one attached hydrogen (secondary N) is 3. The number of non-ortho nitro benzene ring substituents is 1. The van der Waals surface area contributed by atoms with Crippen LogP contribution in [0.4, 0.5) is 21.9 Å². The average molecular weight is 526 g/mol. The third-order valence-corrected chi connectivity index (χ3v) is 5.17. The number of fused-ring (bicyclic) bond motifs is 1. The topological polar surface area (TPSA) is 177 Å². The Balaban J connectivity index is 1.46. The van der Waals surface area contributed by atoms with Crippen molar-refractivity contribution in [2.24, 2.45) is 0 Å². The molecule has 3 N–H and O–H groups in total. The van der Waals surface area contributed by atoms with Crippen molar-refractivity contribution >= 4 is 46.8 Å². The molecule has 5 amide bonds. The highest BCUT2D eigenvalue weighted by molar-refractivity contribution is 6.21. The molecule has 13 heteroatoms. The molecule has 2 aromatic carbocycles. The molecule has 0 bridgehead atoms. The second-order valence-corrected chi connectivity index (χ2v) is 9.39. The molecule has 0 fully saturated rings. The Hall–Kier alpha value is -4.81. The number of alkyl carbamates (subject to hydrolysis) is 1. The second kappa shape index (κ2) is 11.5. The molecule has 3 rings (SSSR count). The molecular formula is C25H27N5O8. The van der Waals surface area contributed by atoms with Crippen LogP contribution in [0.25, 0.3) is 0 Å². The Bertz CT molecular complexity index is 1300. The zero-order chi connectivity index (χ0) is 28.0. The fraction of sp³-hybridized carbons (Fsp3) is 0.320. The van der Waals surface area contributed by atoms with Crippen LogP contribution >= 0.6 is 0 Å². The highest BCUT2D eigenvalue weighted by Gasteiger charge is 2.36. The van der Waals surface area contributed by atoms with Crippen LogP contribution in [0.5, 0.6) is 0 Å². The van der Waals surface area contributed by atoms with E-state index < -0.39 is 34.3 Å². The molecular weight excluding hydrogens is 498 g/mol. The van der Waals surface area contributed by atoms with Gasteiger partial charge in [0.05, 0.1) is 16.1 Å². The third-order valence-electron chi connectivity index (χ3n) is 5.17. The number of nitro groups is 1. The summed E-state index contributed by atoms with van der Waals surface area (Å²) in [7, 11) is 0. The molecule has 0 aliphatic carbocycles. The average Bonchev–Trinajstić information content (AvgIpc) is 3.06. The minimum Gasteiger partial charge on any atom is -0.444 e. The summed E-state index contributed by atoms with van der Waals surface area (Å²) in [5.74, 6) is -2.08. The van der Waals surface area contributed by atoms with Crippen LogP contribution < -0.4 is 16.0 Å². The summed E-state index contributed by atoms with van der Waals surface area (Å²) < 4.78 is 5.06. The number of hydrogen-bond acceptors (Lipinski definition) is 8. The quantitative estimate of drug-likeness (QED) is 0.254. The van der Waals surface area contributed by atoms with Crippen LogP contribution in [0, 0.1) is 10.1 Å². The van der Waals surface area contributed by atoms with Gasteiger partial charge in [0.1, 0.15) is 12.1 Å². The van der Waals surface area contributed by atoms with E-state index in [1.54, 1.807) is 39.0 Å². The highest BCUT2D eigenvalue weighted by atomic mass is 16.6.